The molecule has 2 aliphatic rings. The van der Waals surface area contributed by atoms with E-state index >= 15 is 0 Å². The molecule has 0 spiro atoms. The Kier molecular flexibility index (Phi) is 17.8. The molecule has 1 N–H and O–H groups in total. The van der Waals surface area contributed by atoms with Gasteiger partial charge in [-0.15, -0.1) is 0 Å². The molecule has 65 heavy (non-hydrogen) atoms. The average molecular weight is 891 g/mol. The van der Waals surface area contributed by atoms with E-state index in [0.717, 1.165) is 27.8 Å². The van der Waals surface area contributed by atoms with Gasteiger partial charge in [0, 0.05) is 7.11 Å². The quantitative estimate of drug-likeness (QED) is 0.0718. The maximum atomic E-state index is 14.0. The summed E-state index contributed by atoms with van der Waals surface area (Å²) < 4.78 is 65.1. The second-order valence-corrected chi connectivity index (χ2v) is 17.3. The fourth-order valence-corrected chi connectivity index (χ4v) is 7.70. The van der Waals surface area contributed by atoms with Crippen molar-refractivity contribution in [1.82, 2.24) is 0 Å². The molecule has 10 atom stereocenters. The highest BCUT2D eigenvalue weighted by molar-refractivity contribution is 5.75. The largest absolute Gasteiger partial charge is 0.454 e. The van der Waals surface area contributed by atoms with E-state index < -0.39 is 72.8 Å². The van der Waals surface area contributed by atoms with Gasteiger partial charge in [-0.05, 0) is 48.6 Å². The first kappa shape index (κ1) is 48.1. The van der Waals surface area contributed by atoms with E-state index in [1.54, 1.807) is 20.8 Å². The van der Waals surface area contributed by atoms with Gasteiger partial charge >= 0.3 is 5.97 Å². The summed E-state index contributed by atoms with van der Waals surface area (Å²) in [5.41, 5.74) is 3.78. The summed E-state index contributed by atoms with van der Waals surface area (Å²) in [6, 6.07) is 48.8. The van der Waals surface area contributed by atoms with Crippen molar-refractivity contribution in [2.24, 2.45) is 5.41 Å². The van der Waals surface area contributed by atoms with Gasteiger partial charge in [0.25, 0.3) is 0 Å². The topological polar surface area (TPSA) is 130 Å². The van der Waals surface area contributed by atoms with Crippen molar-refractivity contribution < 1.29 is 57.3 Å². The van der Waals surface area contributed by atoms with E-state index in [2.05, 4.69) is 0 Å². The Morgan fingerprint density at radius 3 is 1.28 bits per heavy atom. The van der Waals surface area contributed by atoms with Crippen molar-refractivity contribution >= 4 is 5.97 Å². The Labute approximate surface area is 382 Å². The lowest BCUT2D eigenvalue weighted by Gasteiger charge is -2.47. The van der Waals surface area contributed by atoms with Crippen LogP contribution in [0.3, 0.4) is 0 Å². The van der Waals surface area contributed by atoms with Crippen LogP contribution in [0.2, 0.25) is 0 Å². The summed E-state index contributed by atoms with van der Waals surface area (Å²) in [6.45, 7) is 6.42. The summed E-state index contributed by atoms with van der Waals surface area (Å²) in [6.07, 6.45) is -9.69. The number of aliphatic hydroxyl groups is 1. The second kappa shape index (κ2) is 24.1. The van der Waals surface area contributed by atoms with Gasteiger partial charge in [0.05, 0.1) is 51.7 Å². The summed E-state index contributed by atoms with van der Waals surface area (Å²) in [4.78, 5) is 14.0. The Balaban J connectivity index is 1.21. The van der Waals surface area contributed by atoms with Crippen LogP contribution in [-0.2, 0) is 85.2 Å². The summed E-state index contributed by atoms with van der Waals surface area (Å²) in [5.74, 6) is -0.483. The third-order valence-electron chi connectivity index (χ3n) is 11.3. The number of ether oxygens (including phenoxy) is 10. The van der Waals surface area contributed by atoms with Gasteiger partial charge in [0.2, 0.25) is 0 Å². The fraction of sp³-hybridized carbons (Fsp3) is 0.415. The maximum Gasteiger partial charge on any atom is 0.311 e. The van der Waals surface area contributed by atoms with E-state index in [1.807, 2.05) is 152 Å². The molecule has 12 nitrogen and oxygen atoms in total. The minimum absolute atomic E-state index is 0.0927. The number of aliphatic hydroxyl groups excluding tert-OH is 1. The lowest BCUT2D eigenvalue weighted by molar-refractivity contribution is -0.344. The zero-order chi connectivity index (χ0) is 45.4. The molecule has 7 rings (SSSR count). The predicted molar refractivity (Wildman–Crippen MR) is 242 cm³/mol. The lowest BCUT2D eigenvalue weighted by atomic mass is 9.95. The number of esters is 1. The molecule has 5 aromatic carbocycles. The van der Waals surface area contributed by atoms with Gasteiger partial charge in [-0.1, -0.05) is 152 Å². The highest BCUT2D eigenvalue weighted by Gasteiger charge is 2.53. The van der Waals surface area contributed by atoms with Crippen LogP contribution in [0.5, 0.6) is 0 Å². The van der Waals surface area contributed by atoms with Crippen molar-refractivity contribution in [1.29, 1.82) is 0 Å². The van der Waals surface area contributed by atoms with Crippen LogP contribution in [0.15, 0.2) is 152 Å². The summed E-state index contributed by atoms with van der Waals surface area (Å²) in [5, 5.41) is 11.7. The van der Waals surface area contributed by atoms with E-state index in [4.69, 9.17) is 47.4 Å². The standard InChI is InChI=1S/C53H62O12/c1-53(2,3)52(55)65-49-48(61-34-41-28-18-9-19-29-41)46(59-32-39-24-14-7-15-25-39)42(35-57-30-37-20-10-5-11-21-37)64-51(49)62-36-43-45(58-31-38-22-12-6-13-23-38)47(44(54)50(56-4)63-43)60-33-40-26-16-8-17-27-40/h5-29,42-51,54H,30-36H2,1-4H3/t42?,43?,44?,45-,46-,47-,48+,49?,50-,51-/m1/s1. The molecular weight excluding hydrogens is 829 g/mol. The normalized spacial score (nSPS) is 25.8. The SMILES string of the molecule is CO[C@@H]1OC(CO[C@@H]2OC(COCc3ccccc3)[C@@H](OCc3ccccc3)[C@H](OCc3ccccc3)C2OC(=O)C(C)(C)C)[C@@H](OCc2ccccc2)[C@H](OCc2ccccc2)C1O. The molecular formula is C53H62O12. The first-order valence-corrected chi connectivity index (χ1v) is 22.2. The molecule has 2 saturated heterocycles. The summed E-state index contributed by atoms with van der Waals surface area (Å²) in [7, 11) is 1.46. The van der Waals surface area contributed by atoms with E-state index in [0.29, 0.717) is 6.61 Å². The molecule has 5 aromatic rings. The van der Waals surface area contributed by atoms with Crippen molar-refractivity contribution in [2.75, 3.05) is 20.3 Å². The highest BCUT2D eigenvalue weighted by atomic mass is 16.7. The van der Waals surface area contributed by atoms with Gasteiger partial charge in [-0.3, -0.25) is 4.79 Å². The van der Waals surface area contributed by atoms with Gasteiger partial charge in [0.15, 0.2) is 18.7 Å². The van der Waals surface area contributed by atoms with Gasteiger partial charge in [-0.25, -0.2) is 0 Å². The first-order chi connectivity index (χ1) is 31.7. The molecule has 0 radical (unpaired) electrons. The molecule has 0 aromatic heterocycles. The van der Waals surface area contributed by atoms with Crippen LogP contribution in [0.1, 0.15) is 48.6 Å². The Morgan fingerprint density at radius 1 is 0.477 bits per heavy atom. The monoisotopic (exact) mass is 890 g/mol. The van der Waals surface area contributed by atoms with Crippen molar-refractivity contribution in [3.8, 4) is 0 Å². The van der Waals surface area contributed by atoms with Crippen molar-refractivity contribution in [2.45, 2.75) is 115 Å². The van der Waals surface area contributed by atoms with Gasteiger partial charge < -0.3 is 52.5 Å². The maximum absolute atomic E-state index is 14.0. The minimum Gasteiger partial charge on any atom is -0.454 e. The Bertz CT molecular complexity index is 2100. The molecule has 0 aliphatic carbocycles. The molecule has 2 heterocycles. The number of carbonyl (C=O) groups excluding carboxylic acids is 1. The Hall–Kier alpha value is -4.83. The third kappa shape index (κ3) is 13.8. The zero-order valence-corrected chi connectivity index (χ0v) is 37.6. The lowest BCUT2D eigenvalue weighted by Crippen LogP contribution is -2.64. The molecule has 0 bridgehead atoms. The van der Waals surface area contributed by atoms with Gasteiger partial charge in [0.1, 0.15) is 42.7 Å². The summed E-state index contributed by atoms with van der Waals surface area (Å²) >= 11 is 0. The molecule has 2 aliphatic heterocycles. The number of hydrogen-bond donors (Lipinski definition) is 1. The third-order valence-corrected chi connectivity index (χ3v) is 11.3. The van der Waals surface area contributed by atoms with E-state index in [9.17, 15) is 9.90 Å². The number of hydrogen-bond acceptors (Lipinski definition) is 12. The van der Waals surface area contributed by atoms with Gasteiger partial charge in [-0.2, -0.15) is 0 Å². The molecule has 12 heteroatoms. The van der Waals surface area contributed by atoms with E-state index in [1.165, 1.54) is 7.11 Å². The van der Waals surface area contributed by atoms with Crippen molar-refractivity contribution in [3.63, 3.8) is 0 Å². The minimum atomic E-state index is -1.21. The van der Waals surface area contributed by atoms with Crippen LogP contribution in [0.4, 0.5) is 0 Å². The first-order valence-electron chi connectivity index (χ1n) is 22.2. The Morgan fingerprint density at radius 2 is 0.846 bits per heavy atom. The van der Waals surface area contributed by atoms with Crippen LogP contribution in [0, 0.1) is 5.41 Å². The van der Waals surface area contributed by atoms with Crippen LogP contribution >= 0.6 is 0 Å². The number of carbonyl (C=O) groups is 1. The number of methoxy groups -OCH3 is 1. The molecule has 0 amide bonds. The average Bonchev–Trinajstić information content (AvgIpc) is 3.33. The number of benzene rings is 5. The highest BCUT2D eigenvalue weighted by Crippen LogP contribution is 2.35. The predicted octanol–water partition coefficient (Wildman–Crippen LogP) is 7.98. The number of rotatable bonds is 21. The van der Waals surface area contributed by atoms with Crippen LogP contribution in [0.25, 0.3) is 0 Å². The van der Waals surface area contributed by atoms with Crippen molar-refractivity contribution in [3.05, 3.63) is 179 Å². The molecule has 2 fully saturated rings. The fourth-order valence-electron chi connectivity index (χ4n) is 7.70. The molecule has 0 saturated carbocycles. The zero-order valence-electron chi connectivity index (χ0n) is 37.6. The van der Waals surface area contributed by atoms with Crippen LogP contribution in [-0.4, -0.2) is 92.8 Å². The van der Waals surface area contributed by atoms with Crippen LogP contribution < -0.4 is 0 Å². The molecule has 4 unspecified atom stereocenters. The second-order valence-electron chi connectivity index (χ2n) is 17.3. The van der Waals surface area contributed by atoms with E-state index in [-0.39, 0.29) is 39.6 Å². The molecule has 346 valence electrons. The smallest absolute Gasteiger partial charge is 0.311 e.